The molecule has 0 aliphatic carbocycles. The van der Waals surface area contributed by atoms with Crippen LogP contribution in [-0.4, -0.2) is 48.0 Å². The Balaban J connectivity index is 2.75. The van der Waals surface area contributed by atoms with Crippen molar-refractivity contribution in [2.24, 2.45) is 16.6 Å². The minimum absolute atomic E-state index is 0.0255. The Labute approximate surface area is 184 Å². The van der Waals surface area contributed by atoms with E-state index in [1.807, 2.05) is 0 Å². The van der Waals surface area contributed by atoms with E-state index in [0.717, 1.165) is 0 Å². The van der Waals surface area contributed by atoms with Crippen LogP contribution < -0.4 is 5.73 Å². The summed E-state index contributed by atoms with van der Waals surface area (Å²) in [7, 11) is 0. The highest BCUT2D eigenvalue weighted by Crippen LogP contribution is 2.41. The van der Waals surface area contributed by atoms with E-state index < -0.39 is 47.5 Å². The molecular weight excluding hydrogens is 422 g/mol. The minimum atomic E-state index is -1.08. The average molecular weight is 447 g/mol. The summed E-state index contributed by atoms with van der Waals surface area (Å²) in [6, 6.07) is 5.56. The van der Waals surface area contributed by atoms with Gasteiger partial charge in [-0.25, -0.2) is 9.59 Å². The van der Waals surface area contributed by atoms with Crippen molar-refractivity contribution in [3.8, 4) is 0 Å². The highest BCUT2D eigenvalue weighted by atomic mass is 16.6. The number of rotatable bonds is 8. The standard InChI is InChI=1S/C21H25N3O8/c1-5-30-19(25)18-15(10-31-21(22)27)23-12(4)16(20(26)32-11(2)3)17(18)13-7-6-8-14(9-13)24(28)29/h6-9,11,16-17H,5,10H2,1-4H3,(H2,22,27). The van der Waals surface area contributed by atoms with E-state index >= 15 is 0 Å². The summed E-state index contributed by atoms with van der Waals surface area (Å²) in [5.74, 6) is -3.54. The number of non-ortho nitro benzene ring substituents is 1. The summed E-state index contributed by atoms with van der Waals surface area (Å²) >= 11 is 0. The third kappa shape index (κ3) is 5.68. The Morgan fingerprint density at radius 3 is 2.50 bits per heavy atom. The highest BCUT2D eigenvalue weighted by molar-refractivity contribution is 6.07. The largest absolute Gasteiger partial charge is 0.463 e. The van der Waals surface area contributed by atoms with Crippen molar-refractivity contribution in [3.63, 3.8) is 0 Å². The number of aliphatic imine (C=N–C) groups is 1. The number of ether oxygens (including phenoxy) is 3. The maximum atomic E-state index is 13.0. The third-order valence-electron chi connectivity index (χ3n) is 4.61. The molecule has 1 aromatic rings. The highest BCUT2D eigenvalue weighted by Gasteiger charge is 2.44. The second kappa shape index (κ2) is 10.5. The van der Waals surface area contributed by atoms with Crippen molar-refractivity contribution in [3.05, 3.63) is 51.2 Å². The van der Waals surface area contributed by atoms with Gasteiger partial charge in [0.05, 0.1) is 28.9 Å². The minimum Gasteiger partial charge on any atom is -0.463 e. The number of amides is 1. The number of nitro groups is 1. The summed E-state index contributed by atoms with van der Waals surface area (Å²) in [5.41, 5.74) is 5.38. The number of carbonyl (C=O) groups excluding carboxylic acids is 3. The van der Waals surface area contributed by atoms with E-state index in [2.05, 4.69) is 4.99 Å². The van der Waals surface area contributed by atoms with E-state index in [-0.39, 0.29) is 29.3 Å². The fourth-order valence-corrected chi connectivity index (χ4v) is 3.44. The molecule has 0 saturated heterocycles. The van der Waals surface area contributed by atoms with Crippen LogP contribution in [-0.2, 0) is 23.8 Å². The van der Waals surface area contributed by atoms with Crippen molar-refractivity contribution in [1.82, 2.24) is 0 Å². The summed E-state index contributed by atoms with van der Waals surface area (Å²) < 4.78 is 15.4. The smallest absolute Gasteiger partial charge is 0.404 e. The van der Waals surface area contributed by atoms with E-state index in [4.69, 9.17) is 19.9 Å². The topological polar surface area (TPSA) is 160 Å². The molecule has 2 unspecified atom stereocenters. The van der Waals surface area contributed by atoms with Crippen molar-refractivity contribution in [2.45, 2.75) is 39.7 Å². The molecule has 11 nitrogen and oxygen atoms in total. The van der Waals surface area contributed by atoms with Gasteiger partial charge in [-0.3, -0.25) is 19.9 Å². The summed E-state index contributed by atoms with van der Waals surface area (Å²) in [6.45, 7) is 6.08. The number of nitrogens with two attached hydrogens (primary N) is 1. The lowest BCUT2D eigenvalue weighted by Gasteiger charge is -2.32. The van der Waals surface area contributed by atoms with E-state index in [1.165, 1.54) is 18.2 Å². The van der Waals surface area contributed by atoms with Crippen LogP contribution in [0.25, 0.3) is 0 Å². The Morgan fingerprint density at radius 2 is 1.94 bits per heavy atom. The van der Waals surface area contributed by atoms with Crippen LogP contribution in [0.2, 0.25) is 0 Å². The van der Waals surface area contributed by atoms with Crippen LogP contribution in [0, 0.1) is 16.0 Å². The predicted octanol–water partition coefficient (Wildman–Crippen LogP) is 2.63. The van der Waals surface area contributed by atoms with Crippen LogP contribution in [0.3, 0.4) is 0 Å². The fourth-order valence-electron chi connectivity index (χ4n) is 3.44. The first kappa shape index (κ1) is 24.5. The van der Waals surface area contributed by atoms with Gasteiger partial charge < -0.3 is 19.9 Å². The van der Waals surface area contributed by atoms with Crippen LogP contribution >= 0.6 is 0 Å². The van der Waals surface area contributed by atoms with Gasteiger partial charge in [-0.05, 0) is 33.3 Å². The van der Waals surface area contributed by atoms with Gasteiger partial charge in [0, 0.05) is 23.8 Å². The number of nitrogens with zero attached hydrogens (tertiary/aromatic N) is 2. The van der Waals surface area contributed by atoms with Gasteiger partial charge in [0.25, 0.3) is 5.69 Å². The van der Waals surface area contributed by atoms with Crippen LogP contribution in [0.4, 0.5) is 10.5 Å². The molecule has 0 spiro atoms. The number of carbonyl (C=O) groups is 3. The fraction of sp³-hybridized carbons (Fsp3) is 0.429. The Kier molecular flexibility index (Phi) is 8.05. The summed E-state index contributed by atoms with van der Waals surface area (Å²) in [4.78, 5) is 52.2. The number of nitro benzene ring substituents is 1. The van der Waals surface area contributed by atoms with Gasteiger partial charge in [0.1, 0.15) is 12.5 Å². The molecule has 2 atom stereocenters. The molecular formula is C21H25N3O8. The summed E-state index contributed by atoms with van der Waals surface area (Å²) in [6.07, 6.45) is -1.53. The molecule has 32 heavy (non-hydrogen) atoms. The van der Waals surface area contributed by atoms with Gasteiger partial charge >= 0.3 is 18.0 Å². The maximum Gasteiger partial charge on any atom is 0.404 e. The molecule has 2 rings (SSSR count). The number of primary amides is 1. The normalized spacial score (nSPS) is 18.1. The zero-order valence-corrected chi connectivity index (χ0v) is 18.2. The average Bonchev–Trinajstić information content (AvgIpc) is 2.71. The molecule has 0 radical (unpaired) electrons. The second-order valence-electron chi connectivity index (χ2n) is 7.23. The van der Waals surface area contributed by atoms with Crippen molar-refractivity contribution in [2.75, 3.05) is 13.2 Å². The Bertz CT molecular complexity index is 983. The van der Waals surface area contributed by atoms with Gasteiger partial charge in [0.15, 0.2) is 0 Å². The van der Waals surface area contributed by atoms with Crippen molar-refractivity contribution in [1.29, 1.82) is 0 Å². The maximum absolute atomic E-state index is 13.0. The zero-order valence-electron chi connectivity index (χ0n) is 18.2. The number of esters is 2. The molecule has 1 aliphatic rings. The Morgan fingerprint density at radius 1 is 1.25 bits per heavy atom. The lowest BCUT2D eigenvalue weighted by Crippen LogP contribution is -2.38. The van der Waals surface area contributed by atoms with Crippen LogP contribution in [0.15, 0.2) is 40.5 Å². The van der Waals surface area contributed by atoms with E-state index in [0.29, 0.717) is 5.56 Å². The van der Waals surface area contributed by atoms with E-state index in [1.54, 1.807) is 33.8 Å². The molecule has 1 aromatic carbocycles. The number of hydrogen-bond donors (Lipinski definition) is 1. The SMILES string of the molecule is CCOC(=O)C1=C(COC(N)=O)N=C(C)C(C(=O)OC(C)C)C1c1cccc([N+](=O)[O-])c1. The molecule has 0 aromatic heterocycles. The van der Waals surface area contributed by atoms with E-state index in [9.17, 15) is 24.5 Å². The van der Waals surface area contributed by atoms with Crippen LogP contribution in [0.1, 0.15) is 39.2 Å². The third-order valence-corrected chi connectivity index (χ3v) is 4.61. The first-order valence-electron chi connectivity index (χ1n) is 9.89. The lowest BCUT2D eigenvalue weighted by molar-refractivity contribution is -0.384. The molecule has 0 fully saturated rings. The molecule has 11 heteroatoms. The van der Waals surface area contributed by atoms with Gasteiger partial charge in [-0.1, -0.05) is 12.1 Å². The molecule has 0 bridgehead atoms. The van der Waals surface area contributed by atoms with Gasteiger partial charge in [0.2, 0.25) is 0 Å². The molecule has 1 heterocycles. The van der Waals surface area contributed by atoms with Gasteiger partial charge in [-0.15, -0.1) is 0 Å². The monoisotopic (exact) mass is 447 g/mol. The molecule has 1 aliphatic heterocycles. The Hall–Kier alpha value is -3.76. The second-order valence-corrected chi connectivity index (χ2v) is 7.23. The summed E-state index contributed by atoms with van der Waals surface area (Å²) in [5, 5.41) is 11.3. The quantitative estimate of drug-likeness (QED) is 0.275. The first-order chi connectivity index (χ1) is 15.1. The molecule has 172 valence electrons. The lowest BCUT2D eigenvalue weighted by atomic mass is 9.75. The number of benzene rings is 1. The van der Waals surface area contributed by atoms with Crippen molar-refractivity contribution >= 4 is 29.4 Å². The molecule has 1 amide bonds. The van der Waals surface area contributed by atoms with Crippen LogP contribution in [0.5, 0.6) is 0 Å². The first-order valence-corrected chi connectivity index (χ1v) is 9.89. The molecule has 0 saturated carbocycles. The van der Waals surface area contributed by atoms with Gasteiger partial charge in [-0.2, -0.15) is 0 Å². The zero-order chi connectivity index (χ0) is 24.0. The number of hydrogen-bond acceptors (Lipinski definition) is 9. The van der Waals surface area contributed by atoms with Crippen molar-refractivity contribution < 1.29 is 33.5 Å². The predicted molar refractivity (Wildman–Crippen MR) is 113 cm³/mol. The molecule has 2 N–H and O–H groups in total.